The second kappa shape index (κ2) is 7.00. The molecule has 0 radical (unpaired) electrons. The molecule has 1 N–H and O–H groups in total. The van der Waals surface area contributed by atoms with Crippen LogP contribution in [0.1, 0.15) is 24.5 Å². The number of cyclic esters (lactones) is 1. The van der Waals surface area contributed by atoms with Gasteiger partial charge in [0.05, 0.1) is 7.11 Å². The molecule has 3 rings (SSSR count). The summed E-state index contributed by atoms with van der Waals surface area (Å²) in [5.41, 5.74) is 0.112. The van der Waals surface area contributed by atoms with Gasteiger partial charge < -0.3 is 19.5 Å². The predicted molar refractivity (Wildman–Crippen MR) is 81.3 cm³/mol. The number of hydrogen-bond donors (Lipinski definition) is 1. The molecule has 7 heteroatoms. The van der Waals surface area contributed by atoms with Crippen LogP contribution in [0.25, 0.3) is 0 Å². The zero-order chi connectivity index (χ0) is 17.1. The minimum atomic E-state index is -1.20. The van der Waals surface area contributed by atoms with Crippen molar-refractivity contribution in [3.63, 3.8) is 0 Å². The molecule has 0 amide bonds. The maximum atomic E-state index is 14.3. The normalized spacial score (nSPS) is 21.6. The Morgan fingerprint density at radius 2 is 2.21 bits per heavy atom. The van der Waals surface area contributed by atoms with Gasteiger partial charge in [0.15, 0.2) is 6.10 Å². The number of methoxy groups -OCH3 is 1. The molecule has 0 aliphatic carbocycles. The number of carbonyl (C=O) groups excluding carboxylic acids is 2. The van der Waals surface area contributed by atoms with E-state index >= 15 is 0 Å². The summed E-state index contributed by atoms with van der Waals surface area (Å²) in [6.07, 6.45) is 0.299. The first-order valence-corrected chi connectivity index (χ1v) is 7.74. The van der Waals surface area contributed by atoms with E-state index in [1.165, 1.54) is 25.3 Å². The minimum Gasteiger partial charge on any atom is -0.497 e. The van der Waals surface area contributed by atoms with E-state index in [2.05, 4.69) is 5.32 Å². The quantitative estimate of drug-likeness (QED) is 0.825. The molecule has 24 heavy (non-hydrogen) atoms. The average Bonchev–Trinajstić information content (AvgIpc) is 3.23. The van der Waals surface area contributed by atoms with Gasteiger partial charge in [-0.25, -0.2) is 9.18 Å². The van der Waals surface area contributed by atoms with Gasteiger partial charge in [-0.15, -0.1) is 0 Å². The standard InChI is InChI=1S/C17H18FNO5/c1-22-13-9-23-17(21)14(13)15(10-5-2-3-6-11(10)18)24-16(20)12-7-4-8-19-12/h2-3,5-6,12,15,19H,4,7-9H2,1H3/t12-,15?/m0/s1. The molecule has 1 aromatic rings. The van der Waals surface area contributed by atoms with Crippen molar-refractivity contribution in [3.8, 4) is 0 Å². The highest BCUT2D eigenvalue weighted by Gasteiger charge is 2.39. The molecule has 1 aromatic carbocycles. The van der Waals surface area contributed by atoms with E-state index in [0.29, 0.717) is 6.42 Å². The van der Waals surface area contributed by atoms with Crippen LogP contribution in [0.5, 0.6) is 0 Å². The van der Waals surface area contributed by atoms with Crippen LogP contribution >= 0.6 is 0 Å². The van der Waals surface area contributed by atoms with Crippen LogP contribution in [0.15, 0.2) is 35.6 Å². The van der Waals surface area contributed by atoms with Crippen molar-refractivity contribution in [3.05, 3.63) is 47.0 Å². The zero-order valence-corrected chi connectivity index (χ0v) is 13.2. The number of benzene rings is 1. The van der Waals surface area contributed by atoms with E-state index in [0.717, 1.165) is 13.0 Å². The fraction of sp³-hybridized carbons (Fsp3) is 0.412. The number of carbonyl (C=O) groups is 2. The molecule has 2 atom stereocenters. The molecule has 0 spiro atoms. The van der Waals surface area contributed by atoms with E-state index < -0.39 is 29.9 Å². The molecule has 1 unspecified atom stereocenters. The highest BCUT2D eigenvalue weighted by atomic mass is 19.1. The Morgan fingerprint density at radius 3 is 2.88 bits per heavy atom. The first-order valence-electron chi connectivity index (χ1n) is 7.74. The third-order valence-corrected chi connectivity index (χ3v) is 4.13. The van der Waals surface area contributed by atoms with E-state index in [-0.39, 0.29) is 23.5 Å². The molecule has 2 aliphatic rings. The zero-order valence-electron chi connectivity index (χ0n) is 13.2. The summed E-state index contributed by atoms with van der Waals surface area (Å²) < 4.78 is 29.9. The number of nitrogens with one attached hydrogen (secondary N) is 1. The summed E-state index contributed by atoms with van der Waals surface area (Å²) in [4.78, 5) is 24.5. The molecular formula is C17H18FNO5. The van der Waals surface area contributed by atoms with Gasteiger partial charge in [0, 0.05) is 5.56 Å². The Hall–Kier alpha value is -2.41. The van der Waals surface area contributed by atoms with Gasteiger partial charge in [0.1, 0.15) is 29.8 Å². The van der Waals surface area contributed by atoms with Gasteiger partial charge in [-0.1, -0.05) is 18.2 Å². The summed E-state index contributed by atoms with van der Waals surface area (Å²) in [5, 5.41) is 3.02. The lowest BCUT2D eigenvalue weighted by atomic mass is 10.00. The van der Waals surface area contributed by atoms with E-state index in [1.807, 2.05) is 0 Å². The first kappa shape index (κ1) is 16.4. The minimum absolute atomic E-state index is 0.0222. The van der Waals surface area contributed by atoms with Crippen molar-refractivity contribution in [1.29, 1.82) is 0 Å². The highest BCUT2D eigenvalue weighted by molar-refractivity contribution is 5.93. The van der Waals surface area contributed by atoms with Gasteiger partial charge in [-0.05, 0) is 25.5 Å². The fourth-order valence-electron chi connectivity index (χ4n) is 2.87. The molecule has 128 valence electrons. The number of halogens is 1. The highest BCUT2D eigenvalue weighted by Crippen LogP contribution is 2.34. The van der Waals surface area contributed by atoms with Gasteiger partial charge in [-0.3, -0.25) is 4.79 Å². The van der Waals surface area contributed by atoms with E-state index in [9.17, 15) is 14.0 Å². The SMILES string of the molecule is COC1=C(C(OC(=O)[C@@H]2CCCN2)c2ccccc2F)C(=O)OC1. The second-order valence-corrected chi connectivity index (χ2v) is 5.60. The van der Waals surface area contributed by atoms with Crippen molar-refractivity contribution in [2.24, 2.45) is 0 Å². The molecule has 2 aliphatic heterocycles. The predicted octanol–water partition coefficient (Wildman–Crippen LogP) is 1.62. The monoisotopic (exact) mass is 335 g/mol. The second-order valence-electron chi connectivity index (χ2n) is 5.60. The molecular weight excluding hydrogens is 317 g/mol. The number of hydrogen-bond acceptors (Lipinski definition) is 6. The Morgan fingerprint density at radius 1 is 1.42 bits per heavy atom. The van der Waals surface area contributed by atoms with Crippen LogP contribution in [-0.4, -0.2) is 38.2 Å². The maximum absolute atomic E-state index is 14.3. The van der Waals surface area contributed by atoms with Crippen molar-refractivity contribution >= 4 is 11.9 Å². The van der Waals surface area contributed by atoms with Crippen LogP contribution in [0, 0.1) is 5.82 Å². The van der Waals surface area contributed by atoms with E-state index in [1.54, 1.807) is 6.07 Å². The Bertz CT molecular complexity index is 681. The van der Waals surface area contributed by atoms with Gasteiger partial charge in [0.25, 0.3) is 0 Å². The topological polar surface area (TPSA) is 73.9 Å². The molecule has 2 heterocycles. The molecule has 0 bridgehead atoms. The molecule has 1 saturated heterocycles. The summed E-state index contributed by atoms with van der Waals surface area (Å²) in [7, 11) is 1.38. The number of esters is 2. The Kier molecular flexibility index (Phi) is 4.80. The Labute approximate surface area is 138 Å². The van der Waals surface area contributed by atoms with Crippen molar-refractivity contribution in [1.82, 2.24) is 5.32 Å². The van der Waals surface area contributed by atoms with Crippen LogP contribution in [-0.2, 0) is 23.8 Å². The summed E-state index contributed by atoms with van der Waals surface area (Å²) in [6, 6.07) is 5.40. The van der Waals surface area contributed by atoms with Gasteiger partial charge >= 0.3 is 11.9 Å². The Balaban J connectivity index is 1.96. The molecule has 6 nitrogen and oxygen atoms in total. The van der Waals surface area contributed by atoms with Crippen molar-refractivity contribution in [2.45, 2.75) is 25.0 Å². The van der Waals surface area contributed by atoms with Gasteiger partial charge in [-0.2, -0.15) is 0 Å². The van der Waals surface area contributed by atoms with E-state index in [4.69, 9.17) is 14.2 Å². The fourth-order valence-corrected chi connectivity index (χ4v) is 2.87. The lowest BCUT2D eigenvalue weighted by Gasteiger charge is -2.21. The third-order valence-electron chi connectivity index (χ3n) is 4.13. The van der Waals surface area contributed by atoms with Crippen molar-refractivity contribution in [2.75, 3.05) is 20.3 Å². The van der Waals surface area contributed by atoms with Crippen LogP contribution in [0.3, 0.4) is 0 Å². The number of ether oxygens (including phenoxy) is 3. The largest absolute Gasteiger partial charge is 0.497 e. The summed E-state index contributed by atoms with van der Waals surface area (Å²) in [5.74, 6) is -1.53. The lowest BCUT2D eigenvalue weighted by molar-refractivity contribution is -0.151. The maximum Gasteiger partial charge on any atom is 0.342 e. The third kappa shape index (κ3) is 3.12. The molecule has 0 aromatic heterocycles. The summed E-state index contributed by atoms with van der Waals surface area (Å²) >= 11 is 0. The lowest BCUT2D eigenvalue weighted by Crippen LogP contribution is -2.34. The van der Waals surface area contributed by atoms with Crippen LogP contribution in [0.4, 0.5) is 4.39 Å². The first-order chi connectivity index (χ1) is 11.6. The van der Waals surface area contributed by atoms with Crippen LogP contribution < -0.4 is 5.32 Å². The number of rotatable bonds is 5. The average molecular weight is 335 g/mol. The van der Waals surface area contributed by atoms with Crippen molar-refractivity contribution < 1.29 is 28.2 Å². The molecule has 0 saturated carbocycles. The van der Waals surface area contributed by atoms with Crippen LogP contribution in [0.2, 0.25) is 0 Å². The van der Waals surface area contributed by atoms with Gasteiger partial charge in [0.2, 0.25) is 0 Å². The molecule has 1 fully saturated rings. The smallest absolute Gasteiger partial charge is 0.342 e. The summed E-state index contributed by atoms with van der Waals surface area (Å²) in [6.45, 7) is 0.660.